The third kappa shape index (κ3) is 25.5. The average molecular weight is 1470 g/mol. The van der Waals surface area contributed by atoms with E-state index >= 15 is 0 Å². The number of halogens is 1. The summed E-state index contributed by atoms with van der Waals surface area (Å²) in [6.07, 6.45) is 2.37. The molecule has 15 atom stereocenters. The topological polar surface area (TPSA) is 131 Å². The molecule has 1 N–H and O–H groups in total. The number of aliphatic hydroxyl groups excluding tert-OH is 1. The Kier molecular flexibility index (Phi) is 34.0. The fraction of sp³-hybridized carbons (Fsp3) is 0.378. The summed E-state index contributed by atoms with van der Waals surface area (Å²) in [5, 5.41) is 10.4. The molecule has 104 heavy (non-hydrogen) atoms. The molecule has 0 aromatic heterocycles. The van der Waals surface area contributed by atoms with Crippen LogP contribution >= 0.6 is 15.9 Å². The Morgan fingerprint density at radius 1 is 0.288 bits per heavy atom. The van der Waals surface area contributed by atoms with Gasteiger partial charge in [-0.25, -0.2) is 0 Å². The molecule has 0 bridgehead atoms. The summed E-state index contributed by atoms with van der Waals surface area (Å²) in [5.41, 5.74) is 10.0. The molecule has 14 heteroatoms. The molecule has 3 heterocycles. The summed E-state index contributed by atoms with van der Waals surface area (Å²) in [5.74, 6) is 0. The predicted molar refractivity (Wildman–Crippen MR) is 412 cm³/mol. The maximum Gasteiger partial charge on any atom is 0.115 e. The van der Waals surface area contributed by atoms with E-state index < -0.39 is 0 Å². The number of hydrogen-bond donors (Lipinski definition) is 1. The molecule has 3 aliphatic rings. The second kappa shape index (κ2) is 44.6. The zero-order chi connectivity index (χ0) is 72.2. The smallest absolute Gasteiger partial charge is 0.115 e. The van der Waals surface area contributed by atoms with Crippen LogP contribution in [0.5, 0.6) is 0 Å². The zero-order valence-electron chi connectivity index (χ0n) is 60.5. The van der Waals surface area contributed by atoms with E-state index in [1.807, 2.05) is 177 Å². The molecule has 0 saturated carbocycles. The lowest BCUT2D eigenvalue weighted by molar-refractivity contribution is -0.262. The van der Waals surface area contributed by atoms with Crippen molar-refractivity contribution in [2.45, 2.75) is 204 Å². The van der Waals surface area contributed by atoms with Crippen molar-refractivity contribution < 1.29 is 61.9 Å². The summed E-state index contributed by atoms with van der Waals surface area (Å²) in [6.45, 7) is 14.6. The minimum Gasteiger partial charge on any atom is -0.396 e. The fourth-order valence-electron chi connectivity index (χ4n) is 13.4. The summed E-state index contributed by atoms with van der Waals surface area (Å²) in [4.78, 5) is 0. The van der Waals surface area contributed by atoms with E-state index in [1.165, 1.54) is 0 Å². The third-order valence-corrected chi connectivity index (χ3v) is 19.4. The van der Waals surface area contributed by atoms with E-state index in [4.69, 9.17) is 56.8 Å². The minimum atomic E-state index is -0.331. The average Bonchev–Trinajstić information content (AvgIpc) is 0.807. The van der Waals surface area contributed by atoms with Gasteiger partial charge < -0.3 is 61.9 Å². The molecule has 3 fully saturated rings. The van der Waals surface area contributed by atoms with Crippen LogP contribution in [-0.4, -0.2) is 109 Å². The highest BCUT2D eigenvalue weighted by Crippen LogP contribution is 2.36. The van der Waals surface area contributed by atoms with Gasteiger partial charge in [0.15, 0.2) is 0 Å². The Hall–Kier alpha value is -7.32. The molecule has 13 nitrogen and oxygen atoms in total. The van der Waals surface area contributed by atoms with E-state index in [9.17, 15) is 5.11 Å². The van der Waals surface area contributed by atoms with Crippen molar-refractivity contribution in [3.63, 3.8) is 0 Å². The first-order valence-corrected chi connectivity index (χ1v) is 38.0. The summed E-state index contributed by atoms with van der Waals surface area (Å²) >= 11 is 3.57. The highest BCUT2D eigenvalue weighted by molar-refractivity contribution is 9.09. The van der Waals surface area contributed by atoms with Crippen LogP contribution in [0.1, 0.15) is 103 Å². The molecule has 3 saturated heterocycles. The SMILES string of the molecule is C=CC[C@@H]1O[C@@H](C)[C@@H](OCc2ccccc2)[C@@H](OCc2ccccc2)[C@@H]1OCc1ccccc1.C[C@@H]1O[C@@H](CCCBr)[C@@H](OCc2ccccc2)[C@H](OCc2ccccc2)[C@@H]1OCc1ccccc1.C[C@@H]1O[C@@H](CCCO)[C@@H](OCc2ccccc2)[C@H](OCc2ccccc2)[C@@H]1OCc1ccccc1. The Labute approximate surface area is 625 Å². The van der Waals surface area contributed by atoms with Gasteiger partial charge in [0.2, 0.25) is 0 Å². The van der Waals surface area contributed by atoms with E-state index in [1.54, 1.807) is 0 Å². The minimum absolute atomic E-state index is 0.0661. The van der Waals surface area contributed by atoms with Crippen LogP contribution in [0, 0.1) is 0 Å². The third-order valence-electron chi connectivity index (χ3n) is 18.8. The van der Waals surface area contributed by atoms with E-state index in [-0.39, 0.29) is 98.2 Å². The van der Waals surface area contributed by atoms with Crippen LogP contribution in [0.2, 0.25) is 0 Å². The van der Waals surface area contributed by atoms with Crippen molar-refractivity contribution >= 4 is 15.9 Å². The first-order chi connectivity index (χ1) is 51.2. The van der Waals surface area contributed by atoms with Gasteiger partial charge in [0.25, 0.3) is 0 Å². The van der Waals surface area contributed by atoms with Gasteiger partial charge in [-0.2, -0.15) is 0 Å². The zero-order valence-corrected chi connectivity index (χ0v) is 62.0. The molecule has 0 unspecified atom stereocenters. The van der Waals surface area contributed by atoms with Crippen LogP contribution in [0.4, 0.5) is 0 Å². The number of rotatable bonds is 35. The molecule has 9 aromatic rings. The number of alkyl halides is 1. The second-order valence-electron chi connectivity index (χ2n) is 26.7. The van der Waals surface area contributed by atoms with E-state index in [0.717, 1.165) is 68.2 Å². The monoisotopic (exact) mass is 1470 g/mol. The fourth-order valence-corrected chi connectivity index (χ4v) is 13.8. The Morgan fingerprint density at radius 3 is 0.692 bits per heavy atom. The maximum atomic E-state index is 9.48. The lowest BCUT2D eigenvalue weighted by Crippen LogP contribution is -2.59. The van der Waals surface area contributed by atoms with Gasteiger partial charge in [-0.05, 0) is 103 Å². The first kappa shape index (κ1) is 79.2. The van der Waals surface area contributed by atoms with Crippen molar-refractivity contribution in [1.82, 2.24) is 0 Å². The highest BCUT2D eigenvalue weighted by atomic mass is 79.9. The van der Waals surface area contributed by atoms with Crippen molar-refractivity contribution in [3.05, 3.63) is 336 Å². The lowest BCUT2D eigenvalue weighted by atomic mass is 9.92. The van der Waals surface area contributed by atoms with Crippen LogP contribution in [0.15, 0.2) is 286 Å². The standard InChI is InChI=1S/C30H35BrO4.C30H36O5.C30H34O4/c2*1-23-28(32-20-24-12-5-2-6-13-24)30(34-22-26-16-9-4-10-17-26)29(27(35-23)18-11-19-31)33-21-25-14-7-3-8-15-25;1-3-13-27-29(32-21-25-16-9-5-10-17-25)30(33-22-26-18-11-6-12-19-26)28(23(2)34-27)31-20-24-14-7-4-8-15-24/h2-10,12-17,23,27-30H,11,18-22H2,1H3;2-10,12-17,23,27-31H,11,18-22H2,1H3;3-12,14-19,23,27-30H,1,13,20-22H2,2H3/t3*23-,27-,28+,29+,30+/m000/s1. The van der Waals surface area contributed by atoms with Crippen molar-refractivity contribution in [1.29, 1.82) is 0 Å². The van der Waals surface area contributed by atoms with E-state index in [0.29, 0.717) is 78.7 Å². The summed E-state index contributed by atoms with van der Waals surface area (Å²) in [7, 11) is 0. The van der Waals surface area contributed by atoms with Gasteiger partial charge in [-0.15, -0.1) is 6.58 Å². The number of ether oxygens (including phenoxy) is 12. The Balaban J connectivity index is 0.000000167. The number of aliphatic hydroxyl groups is 1. The normalized spacial score (nSPS) is 24.4. The number of benzene rings is 9. The number of hydrogen-bond acceptors (Lipinski definition) is 13. The molecule has 0 amide bonds. The van der Waals surface area contributed by atoms with Crippen molar-refractivity contribution in [3.8, 4) is 0 Å². The summed E-state index contributed by atoms with van der Waals surface area (Å²) in [6, 6.07) is 91.8. The highest BCUT2D eigenvalue weighted by Gasteiger charge is 2.49. The molecule has 550 valence electrons. The Bertz CT molecular complexity index is 3530. The van der Waals surface area contributed by atoms with Gasteiger partial charge in [0, 0.05) is 11.9 Å². The molecule has 12 rings (SSSR count). The lowest BCUT2D eigenvalue weighted by Gasteiger charge is -2.45. The molecule has 0 spiro atoms. The quantitative estimate of drug-likeness (QED) is 0.0299. The first-order valence-electron chi connectivity index (χ1n) is 36.9. The van der Waals surface area contributed by atoms with Crippen LogP contribution in [0.3, 0.4) is 0 Å². The van der Waals surface area contributed by atoms with Crippen LogP contribution in [-0.2, 0) is 116 Å². The van der Waals surface area contributed by atoms with Crippen LogP contribution < -0.4 is 0 Å². The maximum absolute atomic E-state index is 9.48. The van der Waals surface area contributed by atoms with Crippen molar-refractivity contribution in [2.75, 3.05) is 11.9 Å². The molecular formula is C90H105BrO13. The van der Waals surface area contributed by atoms with Gasteiger partial charge in [0.05, 0.1) is 96.1 Å². The van der Waals surface area contributed by atoms with Gasteiger partial charge in [-0.1, -0.05) is 295 Å². The van der Waals surface area contributed by atoms with Gasteiger partial charge in [0.1, 0.15) is 54.9 Å². The van der Waals surface area contributed by atoms with Gasteiger partial charge >= 0.3 is 0 Å². The van der Waals surface area contributed by atoms with E-state index in [2.05, 4.69) is 146 Å². The molecule has 9 aromatic carbocycles. The summed E-state index contributed by atoms with van der Waals surface area (Å²) < 4.78 is 78.0. The molecule has 3 aliphatic heterocycles. The van der Waals surface area contributed by atoms with Crippen molar-refractivity contribution in [2.24, 2.45) is 0 Å². The van der Waals surface area contributed by atoms with Crippen LogP contribution in [0.25, 0.3) is 0 Å². The predicted octanol–water partition coefficient (Wildman–Crippen LogP) is 18.1. The molecule has 0 aliphatic carbocycles. The molecular weight excluding hydrogens is 1370 g/mol. The molecule has 0 radical (unpaired) electrons. The largest absolute Gasteiger partial charge is 0.396 e. The second-order valence-corrected chi connectivity index (χ2v) is 27.5. The Morgan fingerprint density at radius 2 is 0.481 bits per heavy atom. The van der Waals surface area contributed by atoms with Gasteiger partial charge in [-0.3, -0.25) is 0 Å².